The molecular formula is C17H28N2O. The Morgan fingerprint density at radius 1 is 1.20 bits per heavy atom. The van der Waals surface area contributed by atoms with E-state index in [9.17, 15) is 4.79 Å². The van der Waals surface area contributed by atoms with E-state index >= 15 is 0 Å². The highest BCUT2D eigenvalue weighted by Crippen LogP contribution is 2.19. The molecule has 0 radical (unpaired) electrons. The van der Waals surface area contributed by atoms with Gasteiger partial charge in [-0.05, 0) is 37.3 Å². The number of carbonyl (C=O) groups is 1. The summed E-state index contributed by atoms with van der Waals surface area (Å²) >= 11 is 0. The van der Waals surface area contributed by atoms with Gasteiger partial charge in [0.2, 0.25) is 5.91 Å². The van der Waals surface area contributed by atoms with Gasteiger partial charge in [-0.15, -0.1) is 0 Å². The van der Waals surface area contributed by atoms with Crippen LogP contribution in [0.4, 0.5) is 0 Å². The Morgan fingerprint density at radius 2 is 1.90 bits per heavy atom. The molecule has 0 saturated carbocycles. The predicted octanol–water partition coefficient (Wildman–Crippen LogP) is 3.06. The molecule has 1 aromatic rings. The fourth-order valence-corrected chi connectivity index (χ4v) is 2.62. The van der Waals surface area contributed by atoms with E-state index in [1.807, 2.05) is 30.3 Å². The maximum atomic E-state index is 12.3. The van der Waals surface area contributed by atoms with Gasteiger partial charge in [0, 0.05) is 6.54 Å². The highest BCUT2D eigenvalue weighted by Gasteiger charge is 2.19. The molecule has 1 aromatic carbocycles. The molecular weight excluding hydrogens is 248 g/mol. The highest BCUT2D eigenvalue weighted by molar-refractivity contribution is 5.83. The zero-order valence-electron chi connectivity index (χ0n) is 12.8. The molecule has 0 fully saturated rings. The molecule has 1 amide bonds. The number of benzene rings is 1. The summed E-state index contributed by atoms with van der Waals surface area (Å²) in [4.78, 5) is 12.3. The van der Waals surface area contributed by atoms with Crippen LogP contribution in [0.15, 0.2) is 30.3 Å². The maximum absolute atomic E-state index is 12.3. The Balaban J connectivity index is 2.55. The third-order valence-electron chi connectivity index (χ3n) is 3.76. The van der Waals surface area contributed by atoms with Gasteiger partial charge in [0.15, 0.2) is 0 Å². The van der Waals surface area contributed by atoms with Crippen LogP contribution in [0.1, 0.15) is 51.0 Å². The molecule has 3 N–H and O–H groups in total. The van der Waals surface area contributed by atoms with Gasteiger partial charge in [0.25, 0.3) is 0 Å². The Labute approximate surface area is 122 Å². The molecule has 0 bridgehead atoms. The monoisotopic (exact) mass is 276 g/mol. The first-order valence-corrected chi connectivity index (χ1v) is 7.75. The molecule has 2 atom stereocenters. The third kappa shape index (κ3) is 5.33. The summed E-state index contributed by atoms with van der Waals surface area (Å²) in [6.45, 7) is 5.66. The summed E-state index contributed by atoms with van der Waals surface area (Å²) in [5.74, 6) is 0.593. The van der Waals surface area contributed by atoms with Crippen LogP contribution >= 0.6 is 0 Å². The van der Waals surface area contributed by atoms with Crippen molar-refractivity contribution in [3.8, 4) is 0 Å². The van der Waals surface area contributed by atoms with Crippen LogP contribution in [-0.4, -0.2) is 19.0 Å². The Kier molecular flexibility index (Phi) is 7.97. The molecule has 0 spiro atoms. The van der Waals surface area contributed by atoms with Crippen LogP contribution in [0.2, 0.25) is 0 Å². The summed E-state index contributed by atoms with van der Waals surface area (Å²) in [5, 5.41) is 3.11. The van der Waals surface area contributed by atoms with Gasteiger partial charge in [-0.1, -0.05) is 50.6 Å². The van der Waals surface area contributed by atoms with Gasteiger partial charge in [0.1, 0.15) is 0 Å². The number of hydrogen-bond donors (Lipinski definition) is 2. The van der Waals surface area contributed by atoms with Crippen LogP contribution in [0.3, 0.4) is 0 Å². The summed E-state index contributed by atoms with van der Waals surface area (Å²) in [6, 6.07) is 10.0. The van der Waals surface area contributed by atoms with Gasteiger partial charge in [0.05, 0.1) is 5.92 Å². The average molecular weight is 276 g/mol. The Hall–Kier alpha value is -1.35. The van der Waals surface area contributed by atoms with Gasteiger partial charge < -0.3 is 11.1 Å². The summed E-state index contributed by atoms with van der Waals surface area (Å²) in [6.07, 6.45) is 4.07. The zero-order valence-corrected chi connectivity index (χ0v) is 12.8. The van der Waals surface area contributed by atoms with Crippen LogP contribution < -0.4 is 11.1 Å². The van der Waals surface area contributed by atoms with Crippen molar-refractivity contribution in [3.05, 3.63) is 35.9 Å². The molecule has 0 aromatic heterocycles. The normalized spacial score (nSPS) is 13.8. The van der Waals surface area contributed by atoms with Crippen LogP contribution in [0.25, 0.3) is 0 Å². The standard InChI is InChI=1S/C17H28N2O/c1-3-8-14(11-12-18)13-19-17(20)16(4-2)15-9-6-5-7-10-15/h5-7,9-10,14,16H,3-4,8,11-13,18H2,1-2H3,(H,19,20). The van der Waals surface area contributed by atoms with Crippen molar-refractivity contribution in [2.45, 2.75) is 45.4 Å². The van der Waals surface area contributed by atoms with Crippen LogP contribution in [0, 0.1) is 5.92 Å². The number of nitrogens with two attached hydrogens (primary N) is 1. The second-order valence-electron chi connectivity index (χ2n) is 5.35. The average Bonchev–Trinajstić information content (AvgIpc) is 2.47. The first-order valence-electron chi connectivity index (χ1n) is 7.75. The predicted molar refractivity (Wildman–Crippen MR) is 84.6 cm³/mol. The van der Waals surface area contributed by atoms with Crippen molar-refractivity contribution in [1.29, 1.82) is 0 Å². The number of carbonyl (C=O) groups excluding carboxylic acids is 1. The van der Waals surface area contributed by atoms with E-state index in [0.29, 0.717) is 12.5 Å². The molecule has 3 heteroatoms. The van der Waals surface area contributed by atoms with Gasteiger partial charge >= 0.3 is 0 Å². The lowest BCUT2D eigenvalue weighted by Gasteiger charge is -2.19. The van der Waals surface area contributed by atoms with Crippen molar-refractivity contribution in [2.75, 3.05) is 13.1 Å². The van der Waals surface area contributed by atoms with Crippen LogP contribution in [-0.2, 0) is 4.79 Å². The second-order valence-corrected chi connectivity index (χ2v) is 5.35. The van der Waals surface area contributed by atoms with E-state index in [1.54, 1.807) is 0 Å². The first-order chi connectivity index (χ1) is 9.72. The van der Waals surface area contributed by atoms with E-state index in [0.717, 1.165) is 37.8 Å². The van der Waals surface area contributed by atoms with Crippen LogP contribution in [0.5, 0.6) is 0 Å². The van der Waals surface area contributed by atoms with Gasteiger partial charge in [-0.3, -0.25) is 4.79 Å². The quantitative estimate of drug-likeness (QED) is 0.728. The minimum absolute atomic E-state index is 0.0450. The molecule has 20 heavy (non-hydrogen) atoms. The summed E-state index contributed by atoms with van der Waals surface area (Å²) < 4.78 is 0. The summed E-state index contributed by atoms with van der Waals surface area (Å²) in [5.41, 5.74) is 6.73. The van der Waals surface area contributed by atoms with E-state index in [2.05, 4.69) is 19.2 Å². The maximum Gasteiger partial charge on any atom is 0.227 e. The number of nitrogens with one attached hydrogen (secondary N) is 1. The lowest BCUT2D eigenvalue weighted by molar-refractivity contribution is -0.122. The third-order valence-corrected chi connectivity index (χ3v) is 3.76. The van der Waals surface area contributed by atoms with Crippen molar-refractivity contribution in [2.24, 2.45) is 11.7 Å². The number of hydrogen-bond acceptors (Lipinski definition) is 2. The van der Waals surface area contributed by atoms with E-state index in [1.165, 1.54) is 0 Å². The van der Waals surface area contributed by atoms with Gasteiger partial charge in [-0.2, -0.15) is 0 Å². The fraction of sp³-hybridized carbons (Fsp3) is 0.588. The topological polar surface area (TPSA) is 55.1 Å². The molecule has 0 saturated heterocycles. The molecule has 1 rings (SSSR count). The highest BCUT2D eigenvalue weighted by atomic mass is 16.1. The van der Waals surface area contributed by atoms with Crippen molar-refractivity contribution in [1.82, 2.24) is 5.32 Å². The lowest BCUT2D eigenvalue weighted by atomic mass is 9.94. The summed E-state index contributed by atoms with van der Waals surface area (Å²) in [7, 11) is 0. The number of amides is 1. The van der Waals surface area contributed by atoms with Gasteiger partial charge in [-0.25, -0.2) is 0 Å². The fourth-order valence-electron chi connectivity index (χ4n) is 2.62. The van der Waals surface area contributed by atoms with Crippen molar-refractivity contribution < 1.29 is 4.79 Å². The Bertz CT molecular complexity index is 372. The van der Waals surface area contributed by atoms with Crippen molar-refractivity contribution >= 4 is 5.91 Å². The molecule has 0 aliphatic heterocycles. The van der Waals surface area contributed by atoms with E-state index in [4.69, 9.17) is 5.73 Å². The molecule has 3 nitrogen and oxygen atoms in total. The van der Waals surface area contributed by atoms with E-state index < -0.39 is 0 Å². The molecule has 0 heterocycles. The molecule has 0 aliphatic carbocycles. The smallest absolute Gasteiger partial charge is 0.227 e. The second kappa shape index (κ2) is 9.54. The first kappa shape index (κ1) is 16.7. The minimum Gasteiger partial charge on any atom is -0.355 e. The van der Waals surface area contributed by atoms with Crippen molar-refractivity contribution in [3.63, 3.8) is 0 Å². The minimum atomic E-state index is -0.0450. The largest absolute Gasteiger partial charge is 0.355 e. The molecule has 112 valence electrons. The Morgan fingerprint density at radius 3 is 2.45 bits per heavy atom. The lowest BCUT2D eigenvalue weighted by Crippen LogP contribution is -2.34. The zero-order chi connectivity index (χ0) is 14.8. The molecule has 2 unspecified atom stereocenters. The van der Waals surface area contributed by atoms with E-state index in [-0.39, 0.29) is 11.8 Å². The molecule has 0 aliphatic rings. The SMILES string of the molecule is CCCC(CCN)CNC(=O)C(CC)c1ccccc1. The number of rotatable bonds is 9.